The summed E-state index contributed by atoms with van der Waals surface area (Å²) in [6.07, 6.45) is 7.11. The summed E-state index contributed by atoms with van der Waals surface area (Å²) in [5, 5.41) is 5.44. The lowest BCUT2D eigenvalue weighted by atomic mass is 9.98. The molecule has 1 N–H and O–H groups in total. The molecule has 0 aromatic heterocycles. The van der Waals surface area contributed by atoms with Gasteiger partial charge in [0.05, 0.1) is 6.61 Å². The van der Waals surface area contributed by atoms with Crippen molar-refractivity contribution in [3.8, 4) is 12.3 Å². The number of amides is 2. The molecule has 0 saturated carbocycles. The molecule has 3 rings (SSSR count). The van der Waals surface area contributed by atoms with E-state index < -0.39 is 0 Å². The highest BCUT2D eigenvalue weighted by Gasteiger charge is 2.22. The minimum Gasteiger partial charge on any atom is -0.369 e. The molecule has 2 aromatic rings. The fraction of sp³-hybridized carbons (Fsp3) is 0.381. The van der Waals surface area contributed by atoms with Gasteiger partial charge in [-0.15, -0.1) is 6.42 Å². The highest BCUT2D eigenvalue weighted by molar-refractivity contribution is 5.86. The zero-order valence-corrected chi connectivity index (χ0v) is 14.4. The van der Waals surface area contributed by atoms with Crippen molar-refractivity contribution in [1.29, 1.82) is 0 Å². The summed E-state index contributed by atoms with van der Waals surface area (Å²) in [5.41, 5.74) is 1.14. The van der Waals surface area contributed by atoms with Gasteiger partial charge in [-0.25, -0.2) is 4.79 Å². The van der Waals surface area contributed by atoms with Crippen LogP contribution in [0.1, 0.15) is 18.4 Å². The van der Waals surface area contributed by atoms with Crippen LogP contribution in [0.3, 0.4) is 0 Å². The van der Waals surface area contributed by atoms with E-state index in [1.165, 1.54) is 10.8 Å². The van der Waals surface area contributed by atoms with E-state index in [0.29, 0.717) is 25.7 Å². The van der Waals surface area contributed by atoms with E-state index in [4.69, 9.17) is 11.2 Å². The first-order valence-electron chi connectivity index (χ1n) is 8.78. The maximum Gasteiger partial charge on any atom is 0.317 e. The van der Waals surface area contributed by atoms with Gasteiger partial charge >= 0.3 is 6.03 Å². The minimum atomic E-state index is 0.0101. The second-order valence-corrected chi connectivity index (χ2v) is 6.45. The van der Waals surface area contributed by atoms with Gasteiger partial charge in [-0.1, -0.05) is 48.4 Å². The Morgan fingerprint density at radius 2 is 1.96 bits per heavy atom. The molecule has 0 aliphatic carbocycles. The Labute approximate surface area is 149 Å². The summed E-state index contributed by atoms with van der Waals surface area (Å²) in [6, 6.07) is 14.4. The van der Waals surface area contributed by atoms with Crippen LogP contribution in [-0.2, 0) is 11.3 Å². The Balaban J connectivity index is 1.49. The molecule has 2 amide bonds. The molecule has 0 unspecified atom stereocenters. The van der Waals surface area contributed by atoms with Gasteiger partial charge in [0.25, 0.3) is 0 Å². The van der Waals surface area contributed by atoms with E-state index in [-0.39, 0.29) is 6.03 Å². The van der Waals surface area contributed by atoms with Gasteiger partial charge in [0.1, 0.15) is 6.61 Å². The average molecular weight is 336 g/mol. The zero-order valence-electron chi connectivity index (χ0n) is 14.4. The third-order valence-electron chi connectivity index (χ3n) is 4.75. The quantitative estimate of drug-likeness (QED) is 0.671. The Hall–Kier alpha value is -2.51. The largest absolute Gasteiger partial charge is 0.369 e. The Morgan fingerprint density at radius 3 is 2.76 bits per heavy atom. The van der Waals surface area contributed by atoms with Crippen molar-refractivity contribution in [2.75, 3.05) is 26.3 Å². The number of fused-ring (bicyclic) bond motifs is 1. The van der Waals surface area contributed by atoms with E-state index in [0.717, 1.165) is 31.5 Å². The third-order valence-corrected chi connectivity index (χ3v) is 4.75. The van der Waals surface area contributed by atoms with Crippen molar-refractivity contribution in [1.82, 2.24) is 10.2 Å². The number of hydrogen-bond acceptors (Lipinski definition) is 2. The lowest BCUT2D eigenvalue weighted by Crippen LogP contribution is -2.44. The topological polar surface area (TPSA) is 41.6 Å². The van der Waals surface area contributed by atoms with Gasteiger partial charge in [0, 0.05) is 19.6 Å². The summed E-state index contributed by atoms with van der Waals surface area (Å²) < 4.78 is 5.41. The van der Waals surface area contributed by atoms with Crippen LogP contribution in [0.15, 0.2) is 42.5 Å². The van der Waals surface area contributed by atoms with Crippen LogP contribution in [0.4, 0.5) is 4.79 Å². The van der Waals surface area contributed by atoms with Crippen LogP contribution in [0.5, 0.6) is 0 Å². The molecule has 1 aliphatic rings. The predicted octanol–water partition coefficient (Wildman–Crippen LogP) is 3.41. The molecule has 1 aliphatic heterocycles. The summed E-state index contributed by atoms with van der Waals surface area (Å²) in [6.45, 7) is 3.14. The number of piperidine rings is 1. The van der Waals surface area contributed by atoms with Crippen LogP contribution in [-0.4, -0.2) is 37.2 Å². The van der Waals surface area contributed by atoms with Crippen LogP contribution in [0.25, 0.3) is 10.8 Å². The number of carbonyl (C=O) groups excluding carboxylic acids is 1. The van der Waals surface area contributed by atoms with Crippen molar-refractivity contribution in [2.24, 2.45) is 5.92 Å². The second-order valence-electron chi connectivity index (χ2n) is 6.45. The van der Waals surface area contributed by atoms with E-state index in [9.17, 15) is 4.79 Å². The molecule has 4 nitrogen and oxygen atoms in total. The van der Waals surface area contributed by atoms with E-state index in [1.807, 2.05) is 23.1 Å². The Morgan fingerprint density at radius 1 is 1.20 bits per heavy atom. The predicted molar refractivity (Wildman–Crippen MR) is 100 cm³/mol. The van der Waals surface area contributed by atoms with Crippen molar-refractivity contribution in [2.45, 2.75) is 19.4 Å². The molecular formula is C21H24N2O2. The molecule has 1 fully saturated rings. The fourth-order valence-electron chi connectivity index (χ4n) is 3.32. The maximum atomic E-state index is 12.4. The summed E-state index contributed by atoms with van der Waals surface area (Å²) in [4.78, 5) is 14.3. The Kier molecular flexibility index (Phi) is 5.92. The molecule has 25 heavy (non-hydrogen) atoms. The highest BCUT2D eigenvalue weighted by atomic mass is 16.5. The van der Waals surface area contributed by atoms with Gasteiger partial charge in [0.15, 0.2) is 0 Å². The minimum absolute atomic E-state index is 0.0101. The number of hydrogen-bond donors (Lipinski definition) is 1. The van der Waals surface area contributed by atoms with Crippen LogP contribution in [0.2, 0.25) is 0 Å². The molecule has 0 radical (unpaired) electrons. The highest BCUT2D eigenvalue weighted by Crippen LogP contribution is 2.19. The van der Waals surface area contributed by atoms with Crippen LogP contribution in [0, 0.1) is 18.3 Å². The number of nitrogens with zero attached hydrogens (tertiary/aromatic N) is 1. The lowest BCUT2D eigenvalue weighted by Gasteiger charge is -2.31. The number of likely N-dealkylation sites (tertiary alicyclic amines) is 1. The molecule has 130 valence electrons. The number of benzene rings is 2. The summed E-state index contributed by atoms with van der Waals surface area (Å²) in [5.74, 6) is 2.98. The average Bonchev–Trinajstić information content (AvgIpc) is 2.67. The van der Waals surface area contributed by atoms with Crippen molar-refractivity contribution in [3.63, 3.8) is 0 Å². The molecule has 2 aromatic carbocycles. The standard InChI is InChI=1S/C21H24N2O2/c1-2-14-25-16-17-10-12-23(13-11-17)21(24)22-15-19-8-5-7-18-6-3-4-9-20(18)19/h1,3-9,17H,10-16H2,(H,22,24). The summed E-state index contributed by atoms with van der Waals surface area (Å²) in [7, 11) is 0. The number of rotatable bonds is 5. The van der Waals surface area contributed by atoms with E-state index in [2.05, 4.69) is 35.5 Å². The molecule has 1 saturated heterocycles. The van der Waals surface area contributed by atoms with Crippen molar-refractivity contribution < 1.29 is 9.53 Å². The third kappa shape index (κ3) is 4.52. The lowest BCUT2D eigenvalue weighted by molar-refractivity contribution is 0.0911. The molecule has 1 heterocycles. The summed E-state index contributed by atoms with van der Waals surface area (Å²) >= 11 is 0. The SMILES string of the molecule is C#CCOCC1CCN(C(=O)NCc2cccc3ccccc23)CC1. The molecule has 0 atom stereocenters. The number of ether oxygens (including phenoxy) is 1. The van der Waals surface area contributed by atoms with Crippen molar-refractivity contribution >= 4 is 16.8 Å². The van der Waals surface area contributed by atoms with Gasteiger partial charge in [-0.3, -0.25) is 0 Å². The van der Waals surface area contributed by atoms with Crippen LogP contribution < -0.4 is 5.32 Å². The number of carbonyl (C=O) groups is 1. The van der Waals surface area contributed by atoms with Gasteiger partial charge < -0.3 is 15.0 Å². The number of urea groups is 1. The molecule has 0 spiro atoms. The Bertz CT molecular complexity index is 753. The van der Waals surface area contributed by atoms with Gasteiger partial charge in [0.2, 0.25) is 0 Å². The van der Waals surface area contributed by atoms with Gasteiger partial charge in [-0.2, -0.15) is 0 Å². The first-order valence-corrected chi connectivity index (χ1v) is 8.78. The first kappa shape index (κ1) is 17.3. The smallest absolute Gasteiger partial charge is 0.317 e. The van der Waals surface area contributed by atoms with Crippen LogP contribution >= 0.6 is 0 Å². The molecular weight excluding hydrogens is 312 g/mol. The zero-order chi connectivity index (χ0) is 17.5. The number of terminal acetylenes is 1. The van der Waals surface area contributed by atoms with Crippen molar-refractivity contribution in [3.05, 3.63) is 48.0 Å². The fourth-order valence-corrected chi connectivity index (χ4v) is 3.32. The normalized spacial score (nSPS) is 15.1. The monoisotopic (exact) mass is 336 g/mol. The van der Waals surface area contributed by atoms with E-state index in [1.54, 1.807) is 0 Å². The molecule has 0 bridgehead atoms. The van der Waals surface area contributed by atoms with Gasteiger partial charge in [-0.05, 0) is 35.1 Å². The number of nitrogens with one attached hydrogen (secondary N) is 1. The molecule has 4 heteroatoms. The second kappa shape index (κ2) is 8.55. The van der Waals surface area contributed by atoms with E-state index >= 15 is 0 Å². The first-order chi connectivity index (χ1) is 12.3. The maximum absolute atomic E-state index is 12.4.